The molecule has 146 valence electrons. The predicted molar refractivity (Wildman–Crippen MR) is 109 cm³/mol. The van der Waals surface area contributed by atoms with Crippen molar-refractivity contribution in [3.63, 3.8) is 0 Å². The number of nitrogens with zero attached hydrogens (tertiary/aromatic N) is 4. The Labute approximate surface area is 166 Å². The van der Waals surface area contributed by atoms with Crippen LogP contribution in [0.4, 0.5) is 10.1 Å². The van der Waals surface area contributed by atoms with Crippen molar-refractivity contribution in [2.45, 2.75) is 6.54 Å². The first-order chi connectivity index (χ1) is 14.0. The molecule has 0 unspecified atom stereocenters. The molecule has 4 rings (SSSR count). The van der Waals surface area contributed by atoms with Gasteiger partial charge in [-0.3, -0.25) is 19.9 Å². The van der Waals surface area contributed by atoms with Crippen LogP contribution in [-0.4, -0.2) is 45.1 Å². The van der Waals surface area contributed by atoms with Crippen molar-refractivity contribution in [2.75, 3.05) is 19.4 Å². The smallest absolute Gasteiger partial charge is 0.276 e. The van der Waals surface area contributed by atoms with Gasteiger partial charge in [-0.1, -0.05) is 6.07 Å². The standard InChI is InChI=1S/C21H19FN6O/c1-28(2)12-13-5-15(9-23-8-13)14-3-4-19-18(6-14)20(27-26-19)21(29)25-17-7-16(22)10-24-11-17/h3-11H,12H2,1-2H3,(H,25,29)(H,26,27). The lowest BCUT2D eigenvalue weighted by Gasteiger charge is -2.10. The van der Waals surface area contributed by atoms with Crippen LogP contribution in [0.15, 0.2) is 55.1 Å². The second-order valence-corrected chi connectivity index (χ2v) is 7.00. The van der Waals surface area contributed by atoms with Gasteiger partial charge in [0.2, 0.25) is 0 Å². The molecule has 0 saturated carbocycles. The molecular weight excluding hydrogens is 371 g/mol. The average molecular weight is 390 g/mol. The van der Waals surface area contributed by atoms with Gasteiger partial charge in [-0.15, -0.1) is 0 Å². The number of hydrogen-bond acceptors (Lipinski definition) is 5. The molecular formula is C21H19FN6O. The van der Waals surface area contributed by atoms with Gasteiger partial charge in [0.1, 0.15) is 5.82 Å². The molecule has 1 aromatic carbocycles. The number of amides is 1. The van der Waals surface area contributed by atoms with Crippen molar-refractivity contribution >= 4 is 22.5 Å². The number of fused-ring (bicyclic) bond motifs is 1. The quantitative estimate of drug-likeness (QED) is 0.545. The second kappa shape index (κ2) is 7.76. The van der Waals surface area contributed by atoms with E-state index in [4.69, 9.17) is 0 Å². The minimum atomic E-state index is -0.526. The number of rotatable bonds is 5. The van der Waals surface area contributed by atoms with Crippen molar-refractivity contribution in [3.05, 3.63) is 72.2 Å². The van der Waals surface area contributed by atoms with E-state index in [1.54, 1.807) is 6.20 Å². The zero-order valence-electron chi connectivity index (χ0n) is 16.0. The van der Waals surface area contributed by atoms with Crippen LogP contribution in [0.1, 0.15) is 16.1 Å². The number of H-pyrrole nitrogens is 1. The van der Waals surface area contributed by atoms with Crippen molar-refractivity contribution < 1.29 is 9.18 Å². The first-order valence-electron chi connectivity index (χ1n) is 8.98. The van der Waals surface area contributed by atoms with E-state index in [9.17, 15) is 9.18 Å². The maximum Gasteiger partial charge on any atom is 0.276 e. The summed E-state index contributed by atoms with van der Waals surface area (Å²) in [5.74, 6) is -0.970. The highest BCUT2D eigenvalue weighted by Gasteiger charge is 2.16. The molecule has 3 heterocycles. The van der Waals surface area contributed by atoms with Crippen LogP contribution < -0.4 is 5.32 Å². The molecule has 0 aliphatic heterocycles. The number of pyridine rings is 2. The summed E-state index contributed by atoms with van der Waals surface area (Å²) in [7, 11) is 4.01. The number of aromatic nitrogens is 4. The molecule has 3 aromatic heterocycles. The van der Waals surface area contributed by atoms with Gasteiger partial charge in [0.05, 0.1) is 23.6 Å². The molecule has 0 spiro atoms. The Bertz CT molecular complexity index is 1190. The first kappa shape index (κ1) is 18.7. The largest absolute Gasteiger partial charge is 0.319 e. The molecule has 0 aliphatic carbocycles. The number of carbonyl (C=O) groups is 1. The highest BCUT2D eigenvalue weighted by molar-refractivity contribution is 6.11. The third kappa shape index (κ3) is 4.12. The van der Waals surface area contributed by atoms with E-state index in [1.807, 2.05) is 38.5 Å². The molecule has 2 N–H and O–H groups in total. The van der Waals surface area contributed by atoms with E-state index in [-0.39, 0.29) is 11.4 Å². The Morgan fingerprint density at radius 1 is 1.07 bits per heavy atom. The lowest BCUT2D eigenvalue weighted by molar-refractivity contribution is 0.102. The van der Waals surface area contributed by atoms with Gasteiger partial charge in [-0.05, 0) is 43.4 Å². The van der Waals surface area contributed by atoms with Gasteiger partial charge >= 0.3 is 0 Å². The molecule has 29 heavy (non-hydrogen) atoms. The fraction of sp³-hybridized carbons (Fsp3) is 0.143. The van der Waals surface area contributed by atoms with Crippen molar-refractivity contribution in [1.29, 1.82) is 0 Å². The monoisotopic (exact) mass is 390 g/mol. The molecule has 4 aromatic rings. The molecule has 1 amide bonds. The Hall–Kier alpha value is -3.65. The zero-order valence-corrected chi connectivity index (χ0v) is 16.0. The topological polar surface area (TPSA) is 86.8 Å². The molecule has 0 atom stereocenters. The Balaban J connectivity index is 1.67. The molecule has 8 heteroatoms. The summed E-state index contributed by atoms with van der Waals surface area (Å²) in [6.45, 7) is 0.782. The SMILES string of the molecule is CN(C)Cc1cncc(-c2ccc3[nH]nc(C(=O)Nc4cncc(F)c4)c3c2)c1. The molecule has 0 fully saturated rings. The summed E-state index contributed by atoms with van der Waals surface area (Å²) in [5.41, 5.74) is 4.19. The van der Waals surface area contributed by atoms with Crippen LogP contribution in [-0.2, 0) is 6.54 Å². The first-order valence-corrected chi connectivity index (χ1v) is 8.98. The third-order valence-corrected chi connectivity index (χ3v) is 4.37. The lowest BCUT2D eigenvalue weighted by atomic mass is 10.0. The number of benzene rings is 1. The Morgan fingerprint density at radius 3 is 2.69 bits per heavy atom. The van der Waals surface area contributed by atoms with Crippen molar-refractivity contribution in [1.82, 2.24) is 25.1 Å². The van der Waals surface area contributed by atoms with Crippen molar-refractivity contribution in [3.8, 4) is 11.1 Å². The molecule has 0 saturated heterocycles. The van der Waals surface area contributed by atoms with Crippen LogP contribution >= 0.6 is 0 Å². The summed E-state index contributed by atoms with van der Waals surface area (Å²) < 4.78 is 13.3. The number of nitrogens with one attached hydrogen (secondary N) is 2. The van der Waals surface area contributed by atoms with Crippen LogP contribution in [0.3, 0.4) is 0 Å². The van der Waals surface area contributed by atoms with Gasteiger partial charge in [-0.25, -0.2) is 4.39 Å². The number of halogens is 1. The summed E-state index contributed by atoms with van der Waals surface area (Å²) in [6, 6.07) is 9.00. The zero-order chi connectivity index (χ0) is 20.4. The fourth-order valence-corrected chi connectivity index (χ4v) is 3.13. The normalized spacial score (nSPS) is 11.2. The highest BCUT2D eigenvalue weighted by atomic mass is 19.1. The van der Waals surface area contributed by atoms with E-state index in [0.717, 1.165) is 34.9 Å². The van der Waals surface area contributed by atoms with Gasteiger partial charge in [0, 0.05) is 36.0 Å². The van der Waals surface area contributed by atoms with Gasteiger partial charge in [0.15, 0.2) is 5.69 Å². The minimum Gasteiger partial charge on any atom is -0.319 e. The summed E-state index contributed by atoms with van der Waals surface area (Å²) in [4.78, 5) is 22.8. The lowest BCUT2D eigenvalue weighted by Crippen LogP contribution is -2.13. The fourth-order valence-electron chi connectivity index (χ4n) is 3.13. The molecule has 7 nitrogen and oxygen atoms in total. The van der Waals surface area contributed by atoms with E-state index in [2.05, 4.69) is 36.4 Å². The highest BCUT2D eigenvalue weighted by Crippen LogP contribution is 2.26. The number of anilines is 1. The van der Waals surface area contributed by atoms with E-state index in [1.165, 1.54) is 12.3 Å². The van der Waals surface area contributed by atoms with Gasteiger partial charge < -0.3 is 10.2 Å². The Morgan fingerprint density at radius 2 is 1.90 bits per heavy atom. The van der Waals surface area contributed by atoms with E-state index < -0.39 is 11.7 Å². The van der Waals surface area contributed by atoms with E-state index >= 15 is 0 Å². The number of hydrogen-bond donors (Lipinski definition) is 2. The molecule has 0 radical (unpaired) electrons. The molecule has 0 aliphatic rings. The van der Waals surface area contributed by atoms with Gasteiger partial charge in [-0.2, -0.15) is 5.10 Å². The van der Waals surface area contributed by atoms with Crippen LogP contribution in [0.5, 0.6) is 0 Å². The maximum absolute atomic E-state index is 13.3. The number of aromatic amines is 1. The average Bonchev–Trinajstić information content (AvgIpc) is 3.11. The van der Waals surface area contributed by atoms with Crippen LogP contribution in [0.25, 0.3) is 22.0 Å². The summed E-state index contributed by atoms with van der Waals surface area (Å²) >= 11 is 0. The summed E-state index contributed by atoms with van der Waals surface area (Å²) in [6.07, 6.45) is 6.08. The molecule has 0 bridgehead atoms. The summed E-state index contributed by atoms with van der Waals surface area (Å²) in [5, 5.41) is 10.3. The second-order valence-electron chi connectivity index (χ2n) is 7.00. The minimum absolute atomic E-state index is 0.225. The Kier molecular flexibility index (Phi) is 5.01. The van der Waals surface area contributed by atoms with Crippen LogP contribution in [0.2, 0.25) is 0 Å². The van der Waals surface area contributed by atoms with Crippen molar-refractivity contribution in [2.24, 2.45) is 0 Å². The maximum atomic E-state index is 13.3. The number of carbonyl (C=O) groups excluding carboxylic acids is 1. The van der Waals surface area contributed by atoms with Crippen LogP contribution in [0, 0.1) is 5.82 Å². The third-order valence-electron chi connectivity index (χ3n) is 4.37. The predicted octanol–water partition coefficient (Wildman–Crippen LogP) is 3.47. The van der Waals surface area contributed by atoms with Gasteiger partial charge in [0.25, 0.3) is 5.91 Å². The van der Waals surface area contributed by atoms with E-state index in [0.29, 0.717) is 5.39 Å².